The third-order valence-electron chi connectivity index (χ3n) is 3.58. The topological polar surface area (TPSA) is 60.5 Å². The van der Waals surface area contributed by atoms with Crippen LogP contribution in [0.5, 0.6) is 17.2 Å². The molecule has 1 amide bonds. The second kappa shape index (κ2) is 8.51. The molecule has 1 N–H and O–H groups in total. The van der Waals surface area contributed by atoms with Gasteiger partial charge < -0.3 is 14.8 Å². The third-order valence-corrected chi connectivity index (χ3v) is 3.87. The summed E-state index contributed by atoms with van der Waals surface area (Å²) < 4.78 is 24.2. The Labute approximate surface area is 160 Å². The fraction of sp³-hybridized carbons (Fsp3) is 0.100. The number of pyridine rings is 1. The lowest BCUT2D eigenvalue weighted by molar-refractivity contribution is -0.118. The molecule has 27 heavy (non-hydrogen) atoms. The second-order valence-corrected chi connectivity index (χ2v) is 6.09. The smallest absolute Gasteiger partial charge is 0.262 e. The minimum Gasteiger partial charge on any atom is -0.484 e. The number of aromatic nitrogens is 1. The van der Waals surface area contributed by atoms with Crippen LogP contribution in [0.1, 0.15) is 5.56 Å². The number of carbonyl (C=O) groups excluding carboxylic acids is 1. The molecular weight excluding hydrogens is 371 g/mol. The van der Waals surface area contributed by atoms with E-state index in [2.05, 4.69) is 10.3 Å². The fourth-order valence-corrected chi connectivity index (χ4v) is 2.46. The quantitative estimate of drug-likeness (QED) is 0.648. The summed E-state index contributed by atoms with van der Waals surface area (Å²) in [5.74, 6) is 0.711. The van der Waals surface area contributed by atoms with Gasteiger partial charge in [0.2, 0.25) is 0 Å². The number of nitrogens with zero attached hydrogens (tertiary/aromatic N) is 1. The molecule has 0 saturated heterocycles. The van der Waals surface area contributed by atoms with E-state index in [0.717, 1.165) is 5.56 Å². The standard InChI is InChI=1S/C20H16ClFN2O3/c1-13-9-14(4-7-19(13)27-16-3-2-8-23-11-16)24-20(25)12-26-15-5-6-18(22)17(21)10-15/h2-11H,12H2,1H3,(H,24,25). The molecule has 0 saturated carbocycles. The molecule has 5 nitrogen and oxygen atoms in total. The first kappa shape index (κ1) is 18.7. The summed E-state index contributed by atoms with van der Waals surface area (Å²) in [4.78, 5) is 16.0. The van der Waals surface area contributed by atoms with Crippen molar-refractivity contribution in [1.82, 2.24) is 4.98 Å². The Morgan fingerprint density at radius 3 is 2.74 bits per heavy atom. The molecule has 0 aliphatic heterocycles. The average molecular weight is 387 g/mol. The Balaban J connectivity index is 1.57. The van der Waals surface area contributed by atoms with E-state index in [-0.39, 0.29) is 17.5 Å². The largest absolute Gasteiger partial charge is 0.484 e. The monoisotopic (exact) mass is 386 g/mol. The van der Waals surface area contributed by atoms with Crippen LogP contribution in [0.2, 0.25) is 5.02 Å². The Kier molecular flexibility index (Phi) is 5.88. The molecule has 0 aliphatic carbocycles. The number of carbonyl (C=O) groups is 1. The molecule has 1 aromatic heterocycles. The first-order valence-corrected chi connectivity index (χ1v) is 8.45. The predicted octanol–water partition coefficient (Wildman–Crippen LogP) is 4.99. The number of nitrogens with one attached hydrogen (secondary N) is 1. The summed E-state index contributed by atoms with van der Waals surface area (Å²) in [6, 6.07) is 12.8. The number of hydrogen-bond donors (Lipinski definition) is 1. The highest BCUT2D eigenvalue weighted by atomic mass is 35.5. The summed E-state index contributed by atoms with van der Waals surface area (Å²) in [5.41, 5.74) is 1.46. The van der Waals surface area contributed by atoms with E-state index in [9.17, 15) is 9.18 Å². The van der Waals surface area contributed by atoms with Gasteiger partial charge in [-0.05, 0) is 55.0 Å². The Hall–Kier alpha value is -3.12. The van der Waals surface area contributed by atoms with Gasteiger partial charge >= 0.3 is 0 Å². The number of aryl methyl sites for hydroxylation is 1. The van der Waals surface area contributed by atoms with E-state index in [4.69, 9.17) is 21.1 Å². The van der Waals surface area contributed by atoms with Crippen LogP contribution in [0.25, 0.3) is 0 Å². The van der Waals surface area contributed by atoms with Crippen LogP contribution in [0.3, 0.4) is 0 Å². The number of anilines is 1. The van der Waals surface area contributed by atoms with Gasteiger partial charge in [0.05, 0.1) is 11.2 Å². The summed E-state index contributed by atoms with van der Waals surface area (Å²) in [6.07, 6.45) is 3.29. The van der Waals surface area contributed by atoms with Crippen molar-refractivity contribution in [3.8, 4) is 17.2 Å². The summed E-state index contributed by atoms with van der Waals surface area (Å²) >= 11 is 5.68. The summed E-state index contributed by atoms with van der Waals surface area (Å²) in [7, 11) is 0. The highest BCUT2D eigenvalue weighted by Crippen LogP contribution is 2.27. The number of hydrogen-bond acceptors (Lipinski definition) is 4. The van der Waals surface area contributed by atoms with Crippen molar-refractivity contribution in [3.63, 3.8) is 0 Å². The molecule has 0 bridgehead atoms. The minimum atomic E-state index is -0.544. The SMILES string of the molecule is Cc1cc(NC(=O)COc2ccc(F)c(Cl)c2)ccc1Oc1cccnc1. The van der Waals surface area contributed by atoms with Gasteiger partial charge in [-0.25, -0.2) is 4.39 Å². The van der Waals surface area contributed by atoms with Gasteiger partial charge in [0.15, 0.2) is 6.61 Å². The number of rotatable bonds is 6. The maximum absolute atomic E-state index is 13.1. The molecule has 0 unspecified atom stereocenters. The van der Waals surface area contributed by atoms with E-state index in [1.54, 1.807) is 42.7 Å². The number of benzene rings is 2. The third kappa shape index (κ3) is 5.18. The van der Waals surface area contributed by atoms with Crippen LogP contribution < -0.4 is 14.8 Å². The zero-order chi connectivity index (χ0) is 19.2. The zero-order valence-electron chi connectivity index (χ0n) is 14.4. The van der Waals surface area contributed by atoms with Crippen molar-refractivity contribution in [3.05, 3.63) is 77.3 Å². The van der Waals surface area contributed by atoms with Crippen molar-refractivity contribution in [2.24, 2.45) is 0 Å². The van der Waals surface area contributed by atoms with Gasteiger partial charge in [-0.3, -0.25) is 9.78 Å². The summed E-state index contributed by atoms with van der Waals surface area (Å²) in [6.45, 7) is 1.65. The molecule has 1 heterocycles. The molecule has 0 fully saturated rings. The molecule has 138 valence electrons. The van der Waals surface area contributed by atoms with E-state index in [1.165, 1.54) is 18.2 Å². The average Bonchev–Trinajstić information content (AvgIpc) is 2.66. The first-order valence-electron chi connectivity index (χ1n) is 8.07. The van der Waals surface area contributed by atoms with Gasteiger partial charge in [-0.2, -0.15) is 0 Å². The highest BCUT2D eigenvalue weighted by Gasteiger charge is 2.08. The lowest BCUT2D eigenvalue weighted by Crippen LogP contribution is -2.20. The van der Waals surface area contributed by atoms with Crippen LogP contribution >= 0.6 is 11.6 Å². The molecule has 0 atom stereocenters. The normalized spacial score (nSPS) is 10.3. The molecular formula is C20H16ClFN2O3. The van der Waals surface area contributed by atoms with Gasteiger partial charge in [0.1, 0.15) is 23.1 Å². The van der Waals surface area contributed by atoms with Gasteiger partial charge in [0, 0.05) is 18.0 Å². The van der Waals surface area contributed by atoms with Gasteiger partial charge in [0.25, 0.3) is 5.91 Å². The van der Waals surface area contributed by atoms with Crippen molar-refractivity contribution in [1.29, 1.82) is 0 Å². The highest BCUT2D eigenvalue weighted by molar-refractivity contribution is 6.30. The van der Waals surface area contributed by atoms with Crippen LogP contribution in [-0.2, 0) is 4.79 Å². The van der Waals surface area contributed by atoms with Gasteiger partial charge in [-0.1, -0.05) is 11.6 Å². The Morgan fingerprint density at radius 2 is 2.04 bits per heavy atom. The second-order valence-electron chi connectivity index (χ2n) is 5.68. The molecule has 7 heteroatoms. The van der Waals surface area contributed by atoms with Crippen molar-refractivity contribution in [2.45, 2.75) is 6.92 Å². The van der Waals surface area contributed by atoms with E-state index in [0.29, 0.717) is 22.9 Å². The Morgan fingerprint density at radius 1 is 1.19 bits per heavy atom. The maximum atomic E-state index is 13.1. The minimum absolute atomic E-state index is 0.0623. The fourth-order valence-electron chi connectivity index (χ4n) is 2.29. The predicted molar refractivity (Wildman–Crippen MR) is 101 cm³/mol. The van der Waals surface area contributed by atoms with Crippen LogP contribution in [-0.4, -0.2) is 17.5 Å². The van der Waals surface area contributed by atoms with E-state index in [1.807, 2.05) is 6.92 Å². The number of ether oxygens (including phenoxy) is 2. The molecule has 3 aromatic rings. The van der Waals surface area contributed by atoms with Crippen molar-refractivity contribution >= 4 is 23.2 Å². The van der Waals surface area contributed by atoms with E-state index < -0.39 is 5.82 Å². The maximum Gasteiger partial charge on any atom is 0.262 e. The van der Waals surface area contributed by atoms with E-state index >= 15 is 0 Å². The molecule has 0 spiro atoms. The number of halogens is 2. The lowest BCUT2D eigenvalue weighted by atomic mass is 10.2. The molecule has 0 aliphatic rings. The van der Waals surface area contributed by atoms with Crippen LogP contribution in [0.15, 0.2) is 60.9 Å². The zero-order valence-corrected chi connectivity index (χ0v) is 15.2. The number of amides is 1. The molecule has 0 radical (unpaired) electrons. The van der Waals surface area contributed by atoms with Crippen LogP contribution in [0, 0.1) is 12.7 Å². The lowest BCUT2D eigenvalue weighted by Gasteiger charge is -2.11. The van der Waals surface area contributed by atoms with Crippen molar-refractivity contribution < 1.29 is 18.7 Å². The van der Waals surface area contributed by atoms with Gasteiger partial charge in [-0.15, -0.1) is 0 Å². The molecule has 2 aromatic carbocycles. The first-order chi connectivity index (χ1) is 13.0. The van der Waals surface area contributed by atoms with Crippen molar-refractivity contribution in [2.75, 3.05) is 11.9 Å². The Bertz CT molecular complexity index is 951. The summed E-state index contributed by atoms with van der Waals surface area (Å²) in [5, 5.41) is 2.67. The van der Waals surface area contributed by atoms with Crippen LogP contribution in [0.4, 0.5) is 10.1 Å². The molecule has 3 rings (SSSR count).